The Morgan fingerprint density at radius 1 is 1.38 bits per heavy atom. The molecule has 0 unspecified atom stereocenters. The van der Waals surface area contributed by atoms with Gasteiger partial charge in [-0.1, -0.05) is 19.8 Å². The highest BCUT2D eigenvalue weighted by Gasteiger charge is 2.39. The molecule has 1 saturated heterocycles. The minimum Gasteiger partial charge on any atom is -0.352 e. The highest BCUT2D eigenvalue weighted by molar-refractivity contribution is 5.83. The number of carbonyl (C=O) groups excluding carboxylic acids is 1. The van der Waals surface area contributed by atoms with E-state index in [1.807, 2.05) is 0 Å². The molecule has 0 radical (unpaired) electrons. The molecule has 1 heterocycles. The monoisotopic (exact) mass is 224 g/mol. The second-order valence-electron chi connectivity index (χ2n) is 5.36. The first kappa shape index (κ1) is 11.9. The molecule has 2 fully saturated rings. The Hall–Kier alpha value is -0.570. The average Bonchev–Trinajstić information content (AvgIpc) is 2.80. The zero-order valence-electron chi connectivity index (χ0n) is 10.3. The van der Waals surface area contributed by atoms with E-state index in [1.165, 1.54) is 19.3 Å². The van der Waals surface area contributed by atoms with E-state index < -0.39 is 0 Å². The molecule has 1 aliphatic heterocycles. The summed E-state index contributed by atoms with van der Waals surface area (Å²) in [6.07, 6.45) is 7.96. The SMILES string of the molecule is CCC1(C(=O)N[C@@H]2CCCNC2)CCCC1. The minimum atomic E-state index is -0.0303. The Morgan fingerprint density at radius 3 is 2.69 bits per heavy atom. The van der Waals surface area contributed by atoms with Gasteiger partial charge in [0.2, 0.25) is 5.91 Å². The van der Waals surface area contributed by atoms with E-state index in [0.29, 0.717) is 11.9 Å². The van der Waals surface area contributed by atoms with Gasteiger partial charge in [-0.15, -0.1) is 0 Å². The van der Waals surface area contributed by atoms with Gasteiger partial charge in [0.25, 0.3) is 0 Å². The summed E-state index contributed by atoms with van der Waals surface area (Å²) in [4.78, 5) is 12.3. The smallest absolute Gasteiger partial charge is 0.226 e. The van der Waals surface area contributed by atoms with Crippen LogP contribution in [-0.2, 0) is 4.79 Å². The fourth-order valence-corrected chi connectivity index (χ4v) is 3.11. The van der Waals surface area contributed by atoms with Crippen LogP contribution in [0.2, 0.25) is 0 Å². The lowest BCUT2D eigenvalue weighted by molar-refractivity contribution is -0.131. The van der Waals surface area contributed by atoms with Crippen LogP contribution in [0.3, 0.4) is 0 Å². The Bertz CT molecular complexity index is 240. The zero-order valence-corrected chi connectivity index (χ0v) is 10.3. The third-order valence-corrected chi connectivity index (χ3v) is 4.35. The molecule has 0 aromatic heterocycles. The van der Waals surface area contributed by atoms with Crippen LogP contribution < -0.4 is 10.6 Å². The zero-order chi connectivity index (χ0) is 11.4. The van der Waals surface area contributed by atoms with Crippen LogP contribution in [0.25, 0.3) is 0 Å². The summed E-state index contributed by atoms with van der Waals surface area (Å²) < 4.78 is 0. The second kappa shape index (κ2) is 5.17. The minimum absolute atomic E-state index is 0.0303. The van der Waals surface area contributed by atoms with E-state index in [-0.39, 0.29) is 5.41 Å². The molecular formula is C13H24N2O. The molecule has 2 rings (SSSR count). The van der Waals surface area contributed by atoms with Gasteiger partial charge in [-0.3, -0.25) is 4.79 Å². The van der Waals surface area contributed by atoms with Crippen LogP contribution in [0, 0.1) is 5.41 Å². The molecule has 1 amide bonds. The van der Waals surface area contributed by atoms with Crippen molar-refractivity contribution in [2.75, 3.05) is 13.1 Å². The van der Waals surface area contributed by atoms with Gasteiger partial charge in [0, 0.05) is 18.0 Å². The molecule has 1 aliphatic carbocycles. The highest BCUT2D eigenvalue weighted by Crippen LogP contribution is 2.41. The van der Waals surface area contributed by atoms with Crippen LogP contribution in [-0.4, -0.2) is 25.0 Å². The number of hydrogen-bond acceptors (Lipinski definition) is 2. The van der Waals surface area contributed by atoms with Gasteiger partial charge in [-0.2, -0.15) is 0 Å². The van der Waals surface area contributed by atoms with Crippen LogP contribution in [0.1, 0.15) is 51.9 Å². The van der Waals surface area contributed by atoms with E-state index in [2.05, 4.69) is 17.6 Å². The van der Waals surface area contributed by atoms with Crippen molar-refractivity contribution in [1.29, 1.82) is 0 Å². The lowest BCUT2D eigenvalue weighted by atomic mass is 9.82. The molecule has 1 saturated carbocycles. The van der Waals surface area contributed by atoms with E-state index >= 15 is 0 Å². The van der Waals surface area contributed by atoms with Crippen molar-refractivity contribution in [1.82, 2.24) is 10.6 Å². The van der Waals surface area contributed by atoms with Crippen molar-refractivity contribution in [2.24, 2.45) is 5.41 Å². The summed E-state index contributed by atoms with van der Waals surface area (Å²) >= 11 is 0. The maximum Gasteiger partial charge on any atom is 0.226 e. The first-order valence-corrected chi connectivity index (χ1v) is 6.78. The maximum absolute atomic E-state index is 12.3. The van der Waals surface area contributed by atoms with Gasteiger partial charge < -0.3 is 10.6 Å². The molecule has 2 N–H and O–H groups in total. The van der Waals surface area contributed by atoms with Crippen molar-refractivity contribution in [3.8, 4) is 0 Å². The third kappa shape index (κ3) is 2.40. The van der Waals surface area contributed by atoms with Gasteiger partial charge in [-0.25, -0.2) is 0 Å². The molecule has 92 valence electrons. The van der Waals surface area contributed by atoms with E-state index in [0.717, 1.165) is 38.8 Å². The van der Waals surface area contributed by atoms with Crippen LogP contribution in [0.15, 0.2) is 0 Å². The standard InChI is InChI=1S/C13H24N2O/c1-2-13(7-3-4-8-13)12(16)15-11-6-5-9-14-10-11/h11,14H,2-10H2,1H3,(H,15,16)/t11-/m1/s1. The van der Waals surface area contributed by atoms with Crippen molar-refractivity contribution in [3.63, 3.8) is 0 Å². The predicted octanol–water partition coefficient (Wildman–Crippen LogP) is 1.82. The van der Waals surface area contributed by atoms with Crippen molar-refractivity contribution >= 4 is 5.91 Å². The quantitative estimate of drug-likeness (QED) is 0.768. The first-order chi connectivity index (χ1) is 7.77. The number of carbonyl (C=O) groups is 1. The number of hydrogen-bond donors (Lipinski definition) is 2. The maximum atomic E-state index is 12.3. The average molecular weight is 224 g/mol. The van der Waals surface area contributed by atoms with E-state index in [1.54, 1.807) is 0 Å². The number of amides is 1. The normalized spacial score (nSPS) is 28.9. The number of nitrogens with one attached hydrogen (secondary N) is 2. The lowest BCUT2D eigenvalue weighted by Gasteiger charge is -2.31. The van der Waals surface area contributed by atoms with Crippen molar-refractivity contribution in [3.05, 3.63) is 0 Å². The largest absolute Gasteiger partial charge is 0.352 e. The van der Waals surface area contributed by atoms with Crippen LogP contribution >= 0.6 is 0 Å². The van der Waals surface area contributed by atoms with Crippen molar-refractivity contribution < 1.29 is 4.79 Å². The van der Waals surface area contributed by atoms with E-state index in [4.69, 9.17) is 0 Å². The molecule has 0 bridgehead atoms. The summed E-state index contributed by atoms with van der Waals surface area (Å²) in [7, 11) is 0. The third-order valence-electron chi connectivity index (χ3n) is 4.35. The fraction of sp³-hybridized carbons (Fsp3) is 0.923. The van der Waals surface area contributed by atoms with Crippen LogP contribution in [0.5, 0.6) is 0 Å². The molecular weight excluding hydrogens is 200 g/mol. The lowest BCUT2D eigenvalue weighted by Crippen LogP contribution is -2.50. The topological polar surface area (TPSA) is 41.1 Å². The number of piperidine rings is 1. The summed E-state index contributed by atoms with van der Waals surface area (Å²) in [6, 6.07) is 0.366. The van der Waals surface area contributed by atoms with Gasteiger partial charge >= 0.3 is 0 Å². The van der Waals surface area contributed by atoms with Gasteiger partial charge in [0.1, 0.15) is 0 Å². The Labute approximate surface area is 98.4 Å². The molecule has 3 heteroatoms. The summed E-state index contributed by atoms with van der Waals surface area (Å²) in [5, 5.41) is 6.60. The Morgan fingerprint density at radius 2 is 2.12 bits per heavy atom. The van der Waals surface area contributed by atoms with Crippen molar-refractivity contribution in [2.45, 2.75) is 57.9 Å². The summed E-state index contributed by atoms with van der Waals surface area (Å²) in [5.41, 5.74) is -0.0303. The van der Waals surface area contributed by atoms with Gasteiger partial charge in [-0.05, 0) is 38.6 Å². The highest BCUT2D eigenvalue weighted by atomic mass is 16.2. The van der Waals surface area contributed by atoms with Gasteiger partial charge in [0.15, 0.2) is 0 Å². The molecule has 0 spiro atoms. The predicted molar refractivity (Wildman–Crippen MR) is 65.2 cm³/mol. The summed E-state index contributed by atoms with van der Waals surface area (Å²) in [5.74, 6) is 0.321. The van der Waals surface area contributed by atoms with E-state index in [9.17, 15) is 4.79 Å². The summed E-state index contributed by atoms with van der Waals surface area (Å²) in [6.45, 7) is 4.21. The molecule has 3 nitrogen and oxygen atoms in total. The molecule has 16 heavy (non-hydrogen) atoms. The molecule has 1 atom stereocenters. The Balaban J connectivity index is 1.90. The second-order valence-corrected chi connectivity index (χ2v) is 5.36. The Kier molecular flexibility index (Phi) is 3.85. The van der Waals surface area contributed by atoms with Crippen LogP contribution in [0.4, 0.5) is 0 Å². The fourth-order valence-electron chi connectivity index (χ4n) is 3.11. The number of rotatable bonds is 3. The molecule has 0 aromatic rings. The van der Waals surface area contributed by atoms with Gasteiger partial charge in [0.05, 0.1) is 0 Å². The molecule has 2 aliphatic rings. The molecule has 0 aromatic carbocycles. The first-order valence-electron chi connectivity index (χ1n) is 6.78.